The molecule has 12 heavy (non-hydrogen) atoms. The molecule has 0 amide bonds. The van der Waals surface area contributed by atoms with E-state index in [0.29, 0.717) is 0 Å². The van der Waals surface area contributed by atoms with Crippen LogP contribution in [-0.2, 0) is 0 Å². The van der Waals surface area contributed by atoms with Crippen molar-refractivity contribution in [2.75, 3.05) is 0 Å². The van der Waals surface area contributed by atoms with E-state index in [4.69, 9.17) is 0 Å². The summed E-state index contributed by atoms with van der Waals surface area (Å²) in [6.07, 6.45) is 1.45. The maximum absolute atomic E-state index is 2.59. The van der Waals surface area contributed by atoms with Crippen LogP contribution in [0.1, 0.15) is 20.3 Å². The molecule has 0 bridgehead atoms. The van der Waals surface area contributed by atoms with Crippen molar-refractivity contribution in [3.05, 3.63) is 11.1 Å². The first-order valence-corrected chi connectivity index (χ1v) is 17.1. The normalized spacial score (nSPS) is 26.2. The molecule has 0 nitrogen and oxygen atoms in total. The van der Waals surface area contributed by atoms with Gasteiger partial charge in [0.25, 0.3) is 0 Å². The minimum atomic E-state index is -1.53. The molecular weight excluding hydrogens is 318 g/mol. The molecule has 0 spiro atoms. The second-order valence-electron chi connectivity index (χ2n) is 4.93. The van der Waals surface area contributed by atoms with E-state index in [1.165, 1.54) is 14.6 Å². The van der Waals surface area contributed by atoms with Gasteiger partial charge in [-0.25, -0.2) is 0 Å². The number of hydrogen-bond donors (Lipinski definition) is 0. The van der Waals surface area contributed by atoms with Crippen molar-refractivity contribution in [1.82, 2.24) is 0 Å². The van der Waals surface area contributed by atoms with E-state index in [9.17, 15) is 0 Å². The third-order valence-electron chi connectivity index (χ3n) is 2.69. The molecule has 0 aromatic carbocycles. The molecule has 0 saturated heterocycles. The monoisotopic (exact) mass is 340 g/mol. The predicted octanol–water partition coefficient (Wildman–Crippen LogP) is 3.51. The van der Waals surface area contributed by atoms with Gasteiger partial charge in [-0.05, 0) is 0 Å². The average molecular weight is 338 g/mol. The van der Waals surface area contributed by atoms with E-state index in [1.54, 1.807) is 11.1 Å². The fraction of sp³-hybridized carbons (Fsp3) is 0.800. The van der Waals surface area contributed by atoms with Crippen LogP contribution in [0.4, 0.5) is 0 Å². The van der Waals surface area contributed by atoms with Gasteiger partial charge in [0.2, 0.25) is 0 Å². The molecular formula is C10H20SeSn. The molecule has 1 rings (SSSR count). The summed E-state index contributed by atoms with van der Waals surface area (Å²) in [5, 5.41) is 1.44. The van der Waals surface area contributed by atoms with Crippen molar-refractivity contribution >= 4 is 33.3 Å². The Balaban J connectivity index is 2.67. The van der Waals surface area contributed by atoms with Gasteiger partial charge in [-0.1, -0.05) is 0 Å². The molecule has 1 aliphatic rings. The standard InChI is InChI=1S/C7H11Se.3CH3.Sn/c1-6-3-4-8-5-7(6)2;;;;/h4H,3,5H2,1-2H3;3*1H3;. The summed E-state index contributed by atoms with van der Waals surface area (Å²) in [6, 6.07) is 0. The zero-order valence-corrected chi connectivity index (χ0v) is 13.5. The Morgan fingerprint density at radius 2 is 1.75 bits per heavy atom. The molecule has 0 saturated carbocycles. The summed E-state index contributed by atoms with van der Waals surface area (Å²) in [5.41, 5.74) is 3.40. The van der Waals surface area contributed by atoms with Gasteiger partial charge in [-0.2, -0.15) is 0 Å². The van der Waals surface area contributed by atoms with Crippen LogP contribution in [0.25, 0.3) is 0 Å². The van der Waals surface area contributed by atoms with Crippen molar-refractivity contribution in [2.45, 2.75) is 43.2 Å². The van der Waals surface area contributed by atoms with Gasteiger partial charge in [0.05, 0.1) is 0 Å². The Labute approximate surface area is 87.2 Å². The third kappa shape index (κ3) is 2.78. The first kappa shape index (κ1) is 11.1. The molecule has 0 fully saturated rings. The van der Waals surface area contributed by atoms with Crippen LogP contribution in [0, 0.1) is 0 Å². The molecule has 1 aliphatic heterocycles. The quantitative estimate of drug-likeness (QED) is 0.507. The van der Waals surface area contributed by atoms with E-state index >= 15 is 0 Å². The Morgan fingerprint density at radius 3 is 2.17 bits per heavy atom. The SMILES string of the molecule is CC1=C(C)C[CH]([Sn]([CH3])([CH3])[CH3])[Se]C1. The zero-order chi connectivity index (χ0) is 9.35. The predicted molar refractivity (Wildman–Crippen MR) is 60.6 cm³/mol. The summed E-state index contributed by atoms with van der Waals surface area (Å²) >= 11 is -0.590. The Morgan fingerprint density at radius 1 is 1.17 bits per heavy atom. The Bertz CT molecular complexity index is 200. The minimum absolute atomic E-state index is 0.942. The van der Waals surface area contributed by atoms with Crippen LogP contribution in [-0.4, -0.2) is 33.3 Å². The van der Waals surface area contributed by atoms with Gasteiger partial charge in [0, 0.05) is 0 Å². The molecule has 0 N–H and O–H groups in total. The summed E-state index contributed by atoms with van der Waals surface area (Å²) in [6.45, 7) is 4.67. The van der Waals surface area contributed by atoms with E-state index in [1.807, 2.05) is 0 Å². The van der Waals surface area contributed by atoms with Crippen LogP contribution in [0.5, 0.6) is 0 Å². The van der Waals surface area contributed by atoms with Gasteiger partial charge in [-0.3, -0.25) is 0 Å². The number of hydrogen-bond acceptors (Lipinski definition) is 0. The van der Waals surface area contributed by atoms with E-state index in [-0.39, 0.29) is 0 Å². The van der Waals surface area contributed by atoms with Gasteiger partial charge in [-0.15, -0.1) is 0 Å². The summed E-state index contributed by atoms with van der Waals surface area (Å²) in [4.78, 5) is 7.78. The van der Waals surface area contributed by atoms with Crippen LogP contribution in [0.3, 0.4) is 0 Å². The zero-order valence-electron chi connectivity index (χ0n) is 8.90. The van der Waals surface area contributed by atoms with Crippen LogP contribution >= 0.6 is 0 Å². The third-order valence-corrected chi connectivity index (χ3v) is 23.7. The van der Waals surface area contributed by atoms with Crippen molar-refractivity contribution in [3.8, 4) is 0 Å². The van der Waals surface area contributed by atoms with Gasteiger partial charge >= 0.3 is 87.7 Å². The van der Waals surface area contributed by atoms with Gasteiger partial charge in [0.1, 0.15) is 0 Å². The second-order valence-corrected chi connectivity index (χ2v) is 25.6. The molecule has 1 unspecified atom stereocenters. The molecule has 0 aromatic rings. The fourth-order valence-electron chi connectivity index (χ4n) is 1.42. The van der Waals surface area contributed by atoms with Crippen molar-refractivity contribution < 1.29 is 0 Å². The maximum atomic E-state index is 2.59. The Hall–Kier alpha value is 1.06. The van der Waals surface area contributed by atoms with Crippen molar-refractivity contribution in [2.24, 2.45) is 0 Å². The number of allylic oxidation sites excluding steroid dienone is 2. The van der Waals surface area contributed by atoms with E-state index < -0.39 is 18.4 Å². The number of rotatable bonds is 1. The first-order valence-electron chi connectivity index (χ1n) is 4.68. The van der Waals surface area contributed by atoms with Crippen LogP contribution in [0.2, 0.25) is 23.0 Å². The summed E-state index contributed by atoms with van der Waals surface area (Å²) in [5.74, 6) is 0. The van der Waals surface area contributed by atoms with Crippen molar-refractivity contribution in [3.63, 3.8) is 0 Å². The topological polar surface area (TPSA) is 0 Å². The fourth-order valence-corrected chi connectivity index (χ4v) is 16.0. The molecule has 70 valence electrons. The molecule has 0 aliphatic carbocycles. The summed E-state index contributed by atoms with van der Waals surface area (Å²) in [7, 11) is 0. The van der Waals surface area contributed by atoms with E-state index in [2.05, 4.69) is 28.7 Å². The summed E-state index contributed by atoms with van der Waals surface area (Å²) < 4.78 is 1.18. The van der Waals surface area contributed by atoms with E-state index in [0.717, 1.165) is 15.0 Å². The van der Waals surface area contributed by atoms with Crippen LogP contribution in [0.15, 0.2) is 11.1 Å². The van der Waals surface area contributed by atoms with Crippen molar-refractivity contribution in [1.29, 1.82) is 0 Å². The second kappa shape index (κ2) is 4.06. The molecule has 0 radical (unpaired) electrons. The molecule has 0 aromatic heterocycles. The Kier molecular flexibility index (Phi) is 3.77. The van der Waals surface area contributed by atoms with Gasteiger partial charge in [0.15, 0.2) is 0 Å². The van der Waals surface area contributed by atoms with Crippen LogP contribution < -0.4 is 0 Å². The molecule has 1 atom stereocenters. The molecule has 1 heterocycles. The molecule has 2 heteroatoms. The average Bonchev–Trinajstić information content (AvgIpc) is 1.92. The first-order chi connectivity index (χ1) is 5.41. The van der Waals surface area contributed by atoms with Gasteiger partial charge < -0.3 is 0 Å².